The molecule has 16 nitrogen and oxygen atoms in total. The van der Waals surface area contributed by atoms with E-state index in [-0.39, 0.29) is 47.7 Å². The van der Waals surface area contributed by atoms with Crippen LogP contribution in [0.3, 0.4) is 0 Å². The zero-order chi connectivity index (χ0) is 43.4. The van der Waals surface area contributed by atoms with E-state index in [9.17, 15) is 24.3 Å². The number of fused-ring (bicyclic) bond motifs is 6. The third-order valence-electron chi connectivity index (χ3n) is 13.3. The van der Waals surface area contributed by atoms with Crippen molar-refractivity contribution in [3.8, 4) is 28.1 Å². The van der Waals surface area contributed by atoms with Crippen LogP contribution in [0.4, 0.5) is 9.59 Å². The lowest BCUT2D eigenvalue weighted by Crippen LogP contribution is -2.54. The number of rotatable bonds is 9. The molecule has 0 unspecified atom stereocenters. The van der Waals surface area contributed by atoms with Crippen LogP contribution in [0.15, 0.2) is 48.7 Å². The number of aromatic nitrogens is 4. The minimum Gasteiger partial charge on any atom is -0.488 e. The van der Waals surface area contributed by atoms with Crippen molar-refractivity contribution < 1.29 is 38.5 Å². The average Bonchev–Trinajstić information content (AvgIpc) is 4.09. The summed E-state index contributed by atoms with van der Waals surface area (Å²) in [6, 6.07) is 12.4. The average molecular weight is 847 g/mol. The Kier molecular flexibility index (Phi) is 11.0. The summed E-state index contributed by atoms with van der Waals surface area (Å²) >= 11 is 0. The Morgan fingerprint density at radius 3 is 2.48 bits per heavy atom. The van der Waals surface area contributed by atoms with Crippen molar-refractivity contribution in [1.29, 1.82) is 0 Å². The van der Waals surface area contributed by atoms with Crippen molar-refractivity contribution in [3.63, 3.8) is 0 Å². The number of aromatic amines is 2. The van der Waals surface area contributed by atoms with E-state index >= 15 is 0 Å². The Bertz CT molecular complexity index is 2540. The second-order valence-corrected chi connectivity index (χ2v) is 17.8. The van der Waals surface area contributed by atoms with Gasteiger partial charge in [0.25, 0.3) is 0 Å². The van der Waals surface area contributed by atoms with Crippen molar-refractivity contribution in [2.24, 2.45) is 17.8 Å². The Labute approximate surface area is 359 Å². The number of hydrogen-bond donors (Lipinski definition) is 5. The molecule has 6 heterocycles. The van der Waals surface area contributed by atoms with Gasteiger partial charge in [0, 0.05) is 36.8 Å². The summed E-state index contributed by atoms with van der Waals surface area (Å²) in [5.41, 5.74) is 6.49. The normalized spacial score (nSPS) is 22.3. The lowest BCUT2D eigenvalue weighted by atomic mass is 9.90. The van der Waals surface area contributed by atoms with Gasteiger partial charge in [-0.3, -0.25) is 9.59 Å². The molecule has 4 aliphatic rings. The molecule has 3 aromatic carbocycles. The first-order chi connectivity index (χ1) is 29.9. The second kappa shape index (κ2) is 16.6. The van der Waals surface area contributed by atoms with E-state index in [1.54, 1.807) is 4.90 Å². The molecule has 2 aromatic heterocycles. The lowest BCUT2D eigenvalue weighted by Gasteiger charge is -2.36. The molecule has 4 amide bonds. The molecule has 5 aromatic rings. The number of H-pyrrole nitrogens is 2. The molecule has 9 rings (SSSR count). The molecule has 0 spiro atoms. The Hall–Kier alpha value is -6.16. The molecule has 5 N–H and O–H groups in total. The number of benzene rings is 3. The van der Waals surface area contributed by atoms with E-state index in [4.69, 9.17) is 24.2 Å². The lowest BCUT2D eigenvalue weighted by molar-refractivity contribution is -0.138. The van der Waals surface area contributed by atoms with Gasteiger partial charge in [0.1, 0.15) is 36.1 Å². The van der Waals surface area contributed by atoms with E-state index in [1.165, 1.54) is 7.11 Å². The molecule has 16 heteroatoms. The number of methoxy groups -OCH3 is 1. The monoisotopic (exact) mass is 846 g/mol. The quantitative estimate of drug-likeness (QED) is 0.102. The van der Waals surface area contributed by atoms with Gasteiger partial charge in [-0.2, -0.15) is 0 Å². The van der Waals surface area contributed by atoms with Gasteiger partial charge in [0.15, 0.2) is 0 Å². The largest absolute Gasteiger partial charge is 0.488 e. The number of carbonyl (C=O) groups is 4. The van der Waals surface area contributed by atoms with Gasteiger partial charge >= 0.3 is 12.2 Å². The van der Waals surface area contributed by atoms with Crippen LogP contribution in [0.25, 0.3) is 44.2 Å². The van der Waals surface area contributed by atoms with Crippen molar-refractivity contribution in [1.82, 2.24) is 40.4 Å². The predicted molar refractivity (Wildman–Crippen MR) is 230 cm³/mol. The van der Waals surface area contributed by atoms with Gasteiger partial charge in [-0.1, -0.05) is 39.0 Å². The van der Waals surface area contributed by atoms with Gasteiger partial charge in [-0.05, 0) is 103 Å². The molecule has 62 heavy (non-hydrogen) atoms. The molecule has 0 radical (unpaired) electrons. The fourth-order valence-electron chi connectivity index (χ4n) is 10.1. The highest BCUT2D eigenvalue weighted by molar-refractivity contribution is 6.07. The van der Waals surface area contributed by atoms with Crippen LogP contribution in [0.1, 0.15) is 89.1 Å². The predicted octanol–water partition coefficient (Wildman–Crippen LogP) is 7.07. The summed E-state index contributed by atoms with van der Waals surface area (Å²) in [7, 11) is 1.31. The summed E-state index contributed by atoms with van der Waals surface area (Å²) in [6.45, 7) is 9.79. The highest BCUT2D eigenvalue weighted by Gasteiger charge is 2.44. The van der Waals surface area contributed by atoms with Crippen molar-refractivity contribution in [2.75, 3.05) is 26.9 Å². The van der Waals surface area contributed by atoms with Gasteiger partial charge in [-0.25, -0.2) is 19.6 Å². The summed E-state index contributed by atoms with van der Waals surface area (Å²) < 4.78 is 16.9. The Morgan fingerprint density at radius 2 is 1.73 bits per heavy atom. The molecule has 0 aliphatic carbocycles. The van der Waals surface area contributed by atoms with E-state index in [0.717, 1.165) is 68.3 Å². The second-order valence-electron chi connectivity index (χ2n) is 17.8. The van der Waals surface area contributed by atoms with Crippen LogP contribution in [0.5, 0.6) is 5.75 Å². The van der Waals surface area contributed by atoms with Gasteiger partial charge in [-0.15, -0.1) is 0 Å². The number of alkyl carbamates (subject to hydrolysis) is 1. The van der Waals surface area contributed by atoms with Crippen LogP contribution in [-0.4, -0.2) is 104 Å². The minimum absolute atomic E-state index is 0.0319. The first kappa shape index (κ1) is 41.2. The SMILES string of the molecule is COC(=O)N[C@H](C(=O)N1[C@@H](C)CC[C@H]1c1ncc(-c2ccc3c(c2)COc2cc4c(ccc5[nH]c([C@@H]6C[C@H](C)CN6C(=O)[C@@H](NC(=O)O)C(C)C)nc54)cc2-3)[nH]1)C1CCOCC1. The number of nitrogens with zero attached hydrogens (tertiary/aromatic N) is 4. The van der Waals surface area contributed by atoms with Crippen LogP contribution in [-0.2, 0) is 25.7 Å². The van der Waals surface area contributed by atoms with Crippen LogP contribution >= 0.6 is 0 Å². The van der Waals surface area contributed by atoms with Crippen molar-refractivity contribution in [3.05, 3.63) is 65.9 Å². The number of carbonyl (C=O) groups excluding carboxylic acids is 3. The molecule has 0 bridgehead atoms. The van der Waals surface area contributed by atoms with Crippen molar-refractivity contribution in [2.45, 2.75) is 96.6 Å². The standard InChI is InChI=1S/C46H54N8O8/c1-23(2)38(51-45(57)58)43(55)53-21-24(3)16-36(53)42-48-33-10-8-27-18-32-30-9-7-28(17-29(30)22-62-37(32)19-31(27)40(33)50-42)34-20-47-41(49-34)35-11-6-25(4)54(35)44(56)39(52-46(59)60-5)26-12-14-61-15-13-26/h7-10,17-20,23-26,35-36,38-39,51H,6,11-16,21-22H2,1-5H3,(H,47,49)(H,48,50)(H,52,59)(H,57,58)/t24-,25-,35-,36-,38-,39-/m0/s1. The van der Waals surface area contributed by atoms with Gasteiger partial charge in [0.2, 0.25) is 11.8 Å². The number of ether oxygens (including phenoxy) is 3. The molecule has 3 saturated heterocycles. The van der Waals surface area contributed by atoms with Crippen molar-refractivity contribution >= 4 is 45.8 Å². The Morgan fingerprint density at radius 1 is 0.919 bits per heavy atom. The number of amides is 4. The molecule has 4 aliphatic heterocycles. The fourth-order valence-corrected chi connectivity index (χ4v) is 10.1. The smallest absolute Gasteiger partial charge is 0.407 e. The minimum atomic E-state index is -1.22. The van der Waals surface area contributed by atoms with E-state index in [2.05, 4.69) is 57.9 Å². The third-order valence-corrected chi connectivity index (χ3v) is 13.3. The first-order valence-corrected chi connectivity index (χ1v) is 21.7. The van der Waals surface area contributed by atoms with E-state index in [0.29, 0.717) is 57.3 Å². The number of imidazole rings is 2. The zero-order valence-corrected chi connectivity index (χ0v) is 35.7. The summed E-state index contributed by atoms with van der Waals surface area (Å²) in [5.74, 6) is 1.72. The number of nitrogens with one attached hydrogen (secondary N) is 4. The summed E-state index contributed by atoms with van der Waals surface area (Å²) in [5, 5.41) is 16.6. The number of hydrogen-bond acceptors (Lipinski definition) is 9. The van der Waals surface area contributed by atoms with E-state index < -0.39 is 24.3 Å². The highest BCUT2D eigenvalue weighted by atomic mass is 16.5. The fraction of sp³-hybridized carbons (Fsp3) is 0.478. The van der Waals surface area contributed by atoms with Crippen LogP contribution in [0.2, 0.25) is 0 Å². The molecular weight excluding hydrogens is 793 g/mol. The topological polar surface area (TPSA) is 204 Å². The summed E-state index contributed by atoms with van der Waals surface area (Å²) in [4.78, 5) is 72.5. The first-order valence-electron chi connectivity index (χ1n) is 21.7. The van der Waals surface area contributed by atoms with Crippen LogP contribution < -0.4 is 15.4 Å². The van der Waals surface area contributed by atoms with Crippen LogP contribution in [0, 0.1) is 17.8 Å². The number of carboxylic acid groups (broad SMARTS) is 1. The Balaban J connectivity index is 0.963. The zero-order valence-electron chi connectivity index (χ0n) is 35.7. The maximum Gasteiger partial charge on any atom is 0.407 e. The molecule has 6 atom stereocenters. The highest BCUT2D eigenvalue weighted by Crippen LogP contribution is 2.44. The molecule has 326 valence electrons. The molecular formula is C46H54N8O8. The van der Waals surface area contributed by atoms with Gasteiger partial charge in [0.05, 0.1) is 42.1 Å². The maximum absolute atomic E-state index is 14.3. The van der Waals surface area contributed by atoms with Gasteiger partial charge < -0.3 is 49.7 Å². The molecule has 0 saturated carbocycles. The number of likely N-dealkylation sites (tertiary alicyclic amines) is 2. The van der Waals surface area contributed by atoms with E-state index in [1.807, 2.05) is 44.0 Å². The third kappa shape index (κ3) is 7.58. The molecule has 3 fully saturated rings. The summed E-state index contributed by atoms with van der Waals surface area (Å²) in [6.07, 6.45) is 3.60. The maximum atomic E-state index is 14.3.